The van der Waals surface area contributed by atoms with Crippen LogP contribution in [0.15, 0.2) is 37.2 Å². The average molecular weight is 176 g/mol. The van der Waals surface area contributed by atoms with Gasteiger partial charge in [-0.2, -0.15) is 0 Å². The minimum atomic E-state index is 0.978. The van der Waals surface area contributed by atoms with Gasteiger partial charge in [0.05, 0.1) is 0 Å². The zero-order chi connectivity index (χ0) is 9.52. The lowest BCUT2D eigenvalue weighted by molar-refractivity contribution is 0.777. The molecule has 0 atom stereocenters. The highest BCUT2D eigenvalue weighted by molar-refractivity contribution is 5.40. The zero-order valence-electron chi connectivity index (χ0n) is 8.11. The molecule has 70 valence electrons. The van der Waals surface area contributed by atoms with Gasteiger partial charge in [-0.15, -0.1) is 0 Å². The standard InChI is InChI=1S/C11H16N2/c1-3-5-10-13(4-2)11-8-6-7-9-12-11/h4,6-9H,2-3,5,10H2,1H3. The van der Waals surface area contributed by atoms with Gasteiger partial charge in [0.15, 0.2) is 0 Å². The molecule has 2 nitrogen and oxygen atoms in total. The molecule has 13 heavy (non-hydrogen) atoms. The van der Waals surface area contributed by atoms with E-state index in [1.54, 1.807) is 6.20 Å². The number of hydrogen-bond acceptors (Lipinski definition) is 2. The van der Waals surface area contributed by atoms with E-state index in [0.717, 1.165) is 12.4 Å². The predicted octanol–water partition coefficient (Wildman–Crippen LogP) is 2.83. The molecule has 0 unspecified atom stereocenters. The Kier molecular flexibility index (Phi) is 4.03. The van der Waals surface area contributed by atoms with Crippen LogP contribution in [0.1, 0.15) is 19.8 Å². The molecule has 0 aliphatic rings. The lowest BCUT2D eigenvalue weighted by atomic mass is 10.3. The Labute approximate surface area is 79.9 Å². The first kappa shape index (κ1) is 9.78. The van der Waals surface area contributed by atoms with Crippen molar-refractivity contribution in [3.8, 4) is 0 Å². The highest BCUT2D eigenvalue weighted by Crippen LogP contribution is 2.09. The minimum absolute atomic E-state index is 0.978. The summed E-state index contributed by atoms with van der Waals surface area (Å²) in [4.78, 5) is 6.33. The molecule has 1 aromatic rings. The van der Waals surface area contributed by atoms with Crippen molar-refractivity contribution in [1.82, 2.24) is 4.98 Å². The Morgan fingerprint density at radius 1 is 1.54 bits per heavy atom. The second-order valence-corrected chi connectivity index (χ2v) is 2.92. The van der Waals surface area contributed by atoms with E-state index in [0.29, 0.717) is 0 Å². The van der Waals surface area contributed by atoms with Crippen molar-refractivity contribution >= 4 is 5.82 Å². The molecule has 0 aliphatic carbocycles. The third-order valence-corrected chi connectivity index (χ3v) is 1.92. The summed E-state index contributed by atoms with van der Waals surface area (Å²) in [6.07, 6.45) is 6.00. The lowest BCUT2D eigenvalue weighted by Gasteiger charge is -2.17. The second kappa shape index (κ2) is 5.36. The van der Waals surface area contributed by atoms with Gasteiger partial charge < -0.3 is 4.90 Å². The van der Waals surface area contributed by atoms with Crippen molar-refractivity contribution in [2.24, 2.45) is 0 Å². The topological polar surface area (TPSA) is 16.1 Å². The lowest BCUT2D eigenvalue weighted by Crippen LogP contribution is -2.17. The molecule has 0 saturated carbocycles. The number of pyridine rings is 1. The van der Waals surface area contributed by atoms with Crippen LogP contribution in [0, 0.1) is 0 Å². The Balaban J connectivity index is 2.61. The van der Waals surface area contributed by atoms with Crippen LogP contribution in [-0.4, -0.2) is 11.5 Å². The molecule has 1 rings (SSSR count). The van der Waals surface area contributed by atoms with E-state index in [2.05, 4.69) is 23.4 Å². The fourth-order valence-electron chi connectivity index (χ4n) is 1.15. The van der Waals surface area contributed by atoms with Crippen molar-refractivity contribution < 1.29 is 0 Å². The summed E-state index contributed by atoms with van der Waals surface area (Å²) >= 11 is 0. The molecule has 0 aliphatic heterocycles. The monoisotopic (exact) mass is 176 g/mol. The summed E-state index contributed by atoms with van der Waals surface area (Å²) in [6, 6.07) is 5.91. The number of unbranched alkanes of at least 4 members (excludes halogenated alkanes) is 1. The van der Waals surface area contributed by atoms with E-state index < -0.39 is 0 Å². The van der Waals surface area contributed by atoms with Crippen LogP contribution >= 0.6 is 0 Å². The molecular formula is C11H16N2. The maximum atomic E-state index is 4.26. The number of anilines is 1. The molecule has 0 bridgehead atoms. The van der Waals surface area contributed by atoms with Crippen LogP contribution in [0.5, 0.6) is 0 Å². The van der Waals surface area contributed by atoms with Crippen LogP contribution < -0.4 is 4.90 Å². The molecular weight excluding hydrogens is 160 g/mol. The van der Waals surface area contributed by atoms with Gasteiger partial charge in [0.2, 0.25) is 0 Å². The Morgan fingerprint density at radius 3 is 2.92 bits per heavy atom. The molecule has 1 aromatic heterocycles. The summed E-state index contributed by atoms with van der Waals surface area (Å²) in [5.74, 6) is 0.978. The second-order valence-electron chi connectivity index (χ2n) is 2.92. The van der Waals surface area contributed by atoms with Gasteiger partial charge in [-0.1, -0.05) is 26.0 Å². The molecule has 2 heteroatoms. The quantitative estimate of drug-likeness (QED) is 0.685. The van der Waals surface area contributed by atoms with Gasteiger partial charge in [-0.25, -0.2) is 4.98 Å². The van der Waals surface area contributed by atoms with Gasteiger partial charge in [-0.05, 0) is 24.8 Å². The first-order valence-electron chi connectivity index (χ1n) is 4.68. The Morgan fingerprint density at radius 2 is 2.38 bits per heavy atom. The maximum absolute atomic E-state index is 4.26. The van der Waals surface area contributed by atoms with Gasteiger partial charge in [-0.3, -0.25) is 0 Å². The fraction of sp³-hybridized carbons (Fsp3) is 0.364. The largest absolute Gasteiger partial charge is 0.334 e. The third kappa shape index (κ3) is 2.90. The summed E-state index contributed by atoms with van der Waals surface area (Å²) in [6.45, 7) is 6.95. The number of rotatable bonds is 5. The normalized spacial score (nSPS) is 9.62. The van der Waals surface area contributed by atoms with Crippen LogP contribution in [0.25, 0.3) is 0 Å². The molecule has 0 aromatic carbocycles. The van der Waals surface area contributed by atoms with E-state index in [4.69, 9.17) is 0 Å². The first-order valence-corrected chi connectivity index (χ1v) is 4.68. The van der Waals surface area contributed by atoms with E-state index in [-0.39, 0.29) is 0 Å². The number of nitrogens with zero attached hydrogens (tertiary/aromatic N) is 2. The maximum Gasteiger partial charge on any atom is 0.132 e. The van der Waals surface area contributed by atoms with Crippen LogP contribution in [0.2, 0.25) is 0 Å². The summed E-state index contributed by atoms with van der Waals surface area (Å²) < 4.78 is 0. The molecule has 0 fully saturated rings. The number of hydrogen-bond donors (Lipinski definition) is 0. The Bertz CT molecular complexity index is 244. The van der Waals surface area contributed by atoms with Crippen LogP contribution in [-0.2, 0) is 0 Å². The van der Waals surface area contributed by atoms with Crippen molar-refractivity contribution in [3.63, 3.8) is 0 Å². The SMILES string of the molecule is C=CN(CCCC)c1ccccn1. The fourth-order valence-corrected chi connectivity index (χ4v) is 1.15. The van der Waals surface area contributed by atoms with Crippen molar-refractivity contribution in [3.05, 3.63) is 37.2 Å². The number of aromatic nitrogens is 1. The van der Waals surface area contributed by atoms with Crippen LogP contribution in [0.3, 0.4) is 0 Å². The van der Waals surface area contributed by atoms with Gasteiger partial charge in [0, 0.05) is 12.7 Å². The minimum Gasteiger partial charge on any atom is -0.334 e. The van der Waals surface area contributed by atoms with E-state index in [9.17, 15) is 0 Å². The highest BCUT2D eigenvalue weighted by Gasteiger charge is 2.00. The molecule has 0 radical (unpaired) electrons. The van der Waals surface area contributed by atoms with E-state index in [1.807, 2.05) is 24.4 Å². The third-order valence-electron chi connectivity index (χ3n) is 1.92. The summed E-state index contributed by atoms with van der Waals surface area (Å²) in [5, 5.41) is 0. The smallest absolute Gasteiger partial charge is 0.132 e. The van der Waals surface area contributed by atoms with Gasteiger partial charge >= 0.3 is 0 Å². The molecule has 0 N–H and O–H groups in total. The highest BCUT2D eigenvalue weighted by atomic mass is 15.2. The predicted molar refractivity (Wildman–Crippen MR) is 56.7 cm³/mol. The van der Waals surface area contributed by atoms with Gasteiger partial charge in [0.25, 0.3) is 0 Å². The molecule has 1 heterocycles. The average Bonchev–Trinajstić information content (AvgIpc) is 2.21. The molecule has 0 saturated heterocycles. The van der Waals surface area contributed by atoms with Gasteiger partial charge in [0.1, 0.15) is 5.82 Å². The zero-order valence-corrected chi connectivity index (χ0v) is 8.11. The summed E-state index contributed by atoms with van der Waals surface area (Å²) in [7, 11) is 0. The van der Waals surface area contributed by atoms with Crippen LogP contribution in [0.4, 0.5) is 5.82 Å². The first-order chi connectivity index (χ1) is 6.38. The van der Waals surface area contributed by atoms with E-state index in [1.165, 1.54) is 12.8 Å². The van der Waals surface area contributed by atoms with E-state index >= 15 is 0 Å². The van der Waals surface area contributed by atoms with Crippen molar-refractivity contribution in [2.75, 3.05) is 11.4 Å². The summed E-state index contributed by atoms with van der Waals surface area (Å²) in [5.41, 5.74) is 0. The van der Waals surface area contributed by atoms with Crippen molar-refractivity contribution in [2.45, 2.75) is 19.8 Å². The molecule has 0 spiro atoms. The van der Waals surface area contributed by atoms with Crippen molar-refractivity contribution in [1.29, 1.82) is 0 Å². The molecule has 0 amide bonds. The Hall–Kier alpha value is -1.31.